The number of carbonyl (C=O) groups excluding carboxylic acids is 1. The van der Waals surface area contributed by atoms with Crippen molar-refractivity contribution in [3.63, 3.8) is 0 Å². The first-order valence-electron chi connectivity index (χ1n) is 10.7. The molecule has 3 aromatic rings. The lowest BCUT2D eigenvalue weighted by Gasteiger charge is -2.35. The van der Waals surface area contributed by atoms with Crippen LogP contribution in [0, 0.1) is 5.92 Å². The van der Waals surface area contributed by atoms with Gasteiger partial charge in [-0.1, -0.05) is 0 Å². The molecule has 2 aromatic heterocycles. The highest BCUT2D eigenvalue weighted by molar-refractivity contribution is 7.19. The van der Waals surface area contributed by atoms with E-state index >= 15 is 0 Å². The van der Waals surface area contributed by atoms with Crippen LogP contribution >= 0.6 is 11.3 Å². The number of aromatic nitrogens is 2. The smallest absolute Gasteiger partial charge is 0.226 e. The summed E-state index contributed by atoms with van der Waals surface area (Å²) in [7, 11) is 1.68. The van der Waals surface area contributed by atoms with E-state index in [1.165, 1.54) is 16.0 Å². The van der Waals surface area contributed by atoms with E-state index in [-0.39, 0.29) is 5.92 Å². The number of hydrogen-bond acceptors (Lipinski definition) is 7. The first kappa shape index (κ1) is 18.7. The van der Waals surface area contributed by atoms with Gasteiger partial charge in [0, 0.05) is 30.1 Å². The molecule has 158 valence electrons. The quantitative estimate of drug-likeness (QED) is 0.678. The van der Waals surface area contributed by atoms with Crippen molar-refractivity contribution in [3.05, 3.63) is 40.0 Å². The van der Waals surface area contributed by atoms with E-state index in [0.29, 0.717) is 12.5 Å². The molecule has 1 N–H and O–H groups in total. The molecule has 7 nitrogen and oxygen atoms in total. The predicted molar refractivity (Wildman–Crippen MR) is 122 cm³/mol. The van der Waals surface area contributed by atoms with Crippen molar-refractivity contribution in [1.82, 2.24) is 14.9 Å². The van der Waals surface area contributed by atoms with Crippen LogP contribution in [-0.4, -0.2) is 47.2 Å². The lowest BCUT2D eigenvalue weighted by molar-refractivity contribution is -0.139. The molecular formula is C23H23N5O2S. The summed E-state index contributed by atoms with van der Waals surface area (Å²) in [5.74, 6) is 1.99. The Labute approximate surface area is 184 Å². The molecule has 1 amide bonds. The van der Waals surface area contributed by atoms with E-state index in [1.54, 1.807) is 24.8 Å². The number of aryl methyl sites for hydroxylation is 1. The molecule has 1 saturated heterocycles. The number of aliphatic imine (C=N–C) groups is 1. The van der Waals surface area contributed by atoms with E-state index in [1.807, 2.05) is 17.2 Å². The Bertz CT molecular complexity index is 1230. The number of likely N-dealkylation sites (tertiary alicyclic amines) is 1. The average molecular weight is 434 g/mol. The van der Waals surface area contributed by atoms with Crippen LogP contribution in [0.3, 0.4) is 0 Å². The fourth-order valence-corrected chi connectivity index (χ4v) is 6.01. The molecule has 0 radical (unpaired) electrons. The topological polar surface area (TPSA) is 79.7 Å². The monoisotopic (exact) mass is 433 g/mol. The standard InChI is InChI=1S/C23H23N5O2S/c1-30-18-8-15-11-24-10-14(15)7-17(18)27-21-20-16-4-3-13(23(29)28-5-2-6-28)9-19(16)31-22(20)26-12-25-21/h7-8,10,12-13H,2-6,9,11H2,1H3,(H,25,26,27). The van der Waals surface area contributed by atoms with Crippen LogP contribution in [0.5, 0.6) is 5.75 Å². The van der Waals surface area contributed by atoms with Gasteiger partial charge in [0.1, 0.15) is 22.7 Å². The Morgan fingerprint density at radius 2 is 2.19 bits per heavy atom. The Morgan fingerprint density at radius 3 is 3.00 bits per heavy atom. The second-order valence-electron chi connectivity index (χ2n) is 8.37. The Kier molecular flexibility index (Phi) is 4.41. The second kappa shape index (κ2) is 7.30. The molecule has 0 saturated carbocycles. The molecule has 3 aliphatic rings. The number of benzene rings is 1. The van der Waals surface area contributed by atoms with Crippen molar-refractivity contribution in [3.8, 4) is 5.75 Å². The van der Waals surface area contributed by atoms with Crippen LogP contribution in [0.1, 0.15) is 34.4 Å². The third kappa shape index (κ3) is 3.08. The van der Waals surface area contributed by atoms with E-state index in [9.17, 15) is 4.79 Å². The van der Waals surface area contributed by atoms with Gasteiger partial charge in [0.05, 0.1) is 24.7 Å². The van der Waals surface area contributed by atoms with Crippen molar-refractivity contribution in [1.29, 1.82) is 0 Å². The van der Waals surface area contributed by atoms with Gasteiger partial charge in [-0.05, 0) is 54.5 Å². The van der Waals surface area contributed by atoms with Crippen LogP contribution in [0.15, 0.2) is 23.5 Å². The van der Waals surface area contributed by atoms with Gasteiger partial charge in [-0.2, -0.15) is 0 Å². The summed E-state index contributed by atoms with van der Waals surface area (Å²) in [4.78, 5) is 30.5. The SMILES string of the molecule is COc1cc2c(cc1Nc1ncnc3sc4c(c13)CCC(C(=O)N1CCC1)C4)C=NC2. The number of thiophene rings is 1. The third-order valence-electron chi connectivity index (χ3n) is 6.57. The number of methoxy groups -OCH3 is 1. The van der Waals surface area contributed by atoms with E-state index in [0.717, 1.165) is 71.8 Å². The minimum atomic E-state index is 0.0984. The summed E-state index contributed by atoms with van der Waals surface area (Å²) in [5.41, 5.74) is 4.43. The lowest BCUT2D eigenvalue weighted by atomic mass is 9.86. The number of hydrogen-bond donors (Lipinski definition) is 1. The van der Waals surface area contributed by atoms with E-state index in [2.05, 4.69) is 26.3 Å². The number of rotatable bonds is 4. The normalized spacial score (nSPS) is 19.1. The highest BCUT2D eigenvalue weighted by Gasteiger charge is 2.33. The van der Waals surface area contributed by atoms with Crippen molar-refractivity contribution >= 4 is 45.2 Å². The molecule has 6 rings (SSSR count). The third-order valence-corrected chi connectivity index (χ3v) is 7.73. The molecule has 8 heteroatoms. The molecule has 1 aromatic carbocycles. The molecule has 1 fully saturated rings. The number of nitrogens with one attached hydrogen (secondary N) is 1. The maximum atomic E-state index is 12.7. The largest absolute Gasteiger partial charge is 0.495 e. The molecule has 1 aliphatic carbocycles. The molecule has 0 spiro atoms. The van der Waals surface area contributed by atoms with Crippen LogP contribution in [0.2, 0.25) is 0 Å². The molecule has 2 aliphatic heterocycles. The van der Waals surface area contributed by atoms with Crippen molar-refractivity contribution in [2.24, 2.45) is 10.9 Å². The first-order chi connectivity index (χ1) is 15.2. The maximum absolute atomic E-state index is 12.7. The summed E-state index contributed by atoms with van der Waals surface area (Å²) in [6, 6.07) is 4.11. The number of carbonyl (C=O) groups is 1. The highest BCUT2D eigenvalue weighted by atomic mass is 32.1. The number of ether oxygens (including phenoxy) is 1. The van der Waals surface area contributed by atoms with Crippen molar-refractivity contribution in [2.45, 2.75) is 32.2 Å². The molecule has 0 bridgehead atoms. The van der Waals surface area contributed by atoms with Gasteiger partial charge >= 0.3 is 0 Å². The Morgan fingerprint density at radius 1 is 1.29 bits per heavy atom. The molecular weight excluding hydrogens is 410 g/mol. The van der Waals surface area contributed by atoms with Gasteiger partial charge in [0.2, 0.25) is 5.91 Å². The first-order valence-corrected chi connectivity index (χ1v) is 11.5. The van der Waals surface area contributed by atoms with Gasteiger partial charge in [-0.15, -0.1) is 11.3 Å². The predicted octanol–water partition coefficient (Wildman–Crippen LogP) is 3.71. The summed E-state index contributed by atoms with van der Waals surface area (Å²) >= 11 is 1.70. The fraction of sp³-hybridized carbons (Fsp3) is 0.391. The molecule has 4 heterocycles. The number of nitrogens with zero attached hydrogens (tertiary/aromatic N) is 4. The van der Waals surface area contributed by atoms with E-state index in [4.69, 9.17) is 4.74 Å². The zero-order valence-electron chi connectivity index (χ0n) is 17.4. The zero-order chi connectivity index (χ0) is 20.9. The minimum Gasteiger partial charge on any atom is -0.495 e. The number of amides is 1. The summed E-state index contributed by atoms with van der Waals surface area (Å²) < 4.78 is 5.63. The molecule has 31 heavy (non-hydrogen) atoms. The summed E-state index contributed by atoms with van der Waals surface area (Å²) in [5, 5.41) is 4.57. The average Bonchev–Trinajstić information content (AvgIpc) is 3.35. The minimum absolute atomic E-state index is 0.0984. The van der Waals surface area contributed by atoms with Gasteiger partial charge in [-0.3, -0.25) is 9.79 Å². The molecule has 1 unspecified atom stereocenters. The van der Waals surface area contributed by atoms with E-state index < -0.39 is 0 Å². The lowest BCUT2D eigenvalue weighted by Crippen LogP contribution is -2.46. The molecule has 1 atom stereocenters. The van der Waals surface area contributed by atoms with Crippen LogP contribution in [0.4, 0.5) is 11.5 Å². The Hall–Kier alpha value is -3.00. The van der Waals surface area contributed by atoms with Gasteiger partial charge in [0.25, 0.3) is 0 Å². The Balaban J connectivity index is 1.35. The van der Waals surface area contributed by atoms with Crippen LogP contribution < -0.4 is 10.1 Å². The van der Waals surface area contributed by atoms with Crippen molar-refractivity contribution < 1.29 is 9.53 Å². The van der Waals surface area contributed by atoms with Crippen LogP contribution in [0.25, 0.3) is 10.2 Å². The number of fused-ring (bicyclic) bond motifs is 4. The number of anilines is 2. The van der Waals surface area contributed by atoms with Gasteiger partial charge < -0.3 is 15.0 Å². The summed E-state index contributed by atoms with van der Waals surface area (Å²) in [6.07, 6.45) is 7.23. The van der Waals surface area contributed by atoms with Gasteiger partial charge in [-0.25, -0.2) is 9.97 Å². The fourth-order valence-electron chi connectivity index (χ4n) is 4.74. The second-order valence-corrected chi connectivity index (χ2v) is 9.45. The van der Waals surface area contributed by atoms with Gasteiger partial charge in [0.15, 0.2) is 0 Å². The zero-order valence-corrected chi connectivity index (χ0v) is 18.2. The van der Waals surface area contributed by atoms with Crippen molar-refractivity contribution in [2.75, 3.05) is 25.5 Å². The summed E-state index contributed by atoms with van der Waals surface area (Å²) in [6.45, 7) is 2.53. The maximum Gasteiger partial charge on any atom is 0.226 e. The van der Waals surface area contributed by atoms with Crippen LogP contribution in [-0.2, 0) is 24.2 Å². The highest BCUT2D eigenvalue weighted by Crippen LogP contribution is 2.42.